The van der Waals surface area contributed by atoms with Crippen LogP contribution in [0.5, 0.6) is 0 Å². The van der Waals surface area contributed by atoms with Crippen molar-refractivity contribution in [3.05, 3.63) is 81.2 Å². The van der Waals surface area contributed by atoms with Gasteiger partial charge in [-0.15, -0.1) is 0 Å². The van der Waals surface area contributed by atoms with Crippen molar-refractivity contribution in [2.45, 2.75) is 32.4 Å². The summed E-state index contributed by atoms with van der Waals surface area (Å²) in [5.41, 5.74) is 0.413. The summed E-state index contributed by atoms with van der Waals surface area (Å²) in [7, 11) is 0. The molecular weight excluding hydrogens is 392 g/mol. The van der Waals surface area contributed by atoms with Crippen LogP contribution in [0.4, 0.5) is 8.78 Å². The molecule has 0 fully saturated rings. The Hall–Kier alpha value is -3.06. The second-order valence-corrected chi connectivity index (χ2v) is 7.54. The Morgan fingerprint density at radius 1 is 1.07 bits per heavy atom. The van der Waals surface area contributed by atoms with Crippen LogP contribution in [0.3, 0.4) is 0 Å². The molecule has 0 radical (unpaired) electrons. The summed E-state index contributed by atoms with van der Waals surface area (Å²) < 4.78 is 38.5. The van der Waals surface area contributed by atoms with Crippen LogP contribution in [0.1, 0.15) is 48.0 Å². The molecule has 4 rings (SSSR count). The van der Waals surface area contributed by atoms with E-state index in [9.17, 15) is 18.4 Å². The van der Waals surface area contributed by atoms with Crippen LogP contribution in [0.25, 0.3) is 11.0 Å². The normalized spacial score (nSPS) is 16.0. The fourth-order valence-corrected chi connectivity index (χ4v) is 3.77. The molecule has 2 heterocycles. The van der Waals surface area contributed by atoms with Gasteiger partial charge < -0.3 is 14.1 Å². The van der Waals surface area contributed by atoms with E-state index in [2.05, 4.69) is 0 Å². The summed E-state index contributed by atoms with van der Waals surface area (Å²) in [6, 6.07) is 8.51. The number of ether oxygens (including phenoxy) is 1. The minimum Gasteiger partial charge on any atom is -0.450 e. The molecule has 0 N–H and O–H groups in total. The van der Waals surface area contributed by atoms with E-state index >= 15 is 0 Å². The average Bonchev–Trinajstić information content (AvgIpc) is 2.99. The Morgan fingerprint density at radius 3 is 2.47 bits per heavy atom. The highest BCUT2D eigenvalue weighted by Crippen LogP contribution is 2.38. The summed E-state index contributed by atoms with van der Waals surface area (Å²) >= 11 is 0. The van der Waals surface area contributed by atoms with Crippen molar-refractivity contribution in [2.24, 2.45) is 0 Å². The van der Waals surface area contributed by atoms with E-state index in [0.717, 1.165) is 6.07 Å². The molecule has 0 saturated heterocycles. The lowest BCUT2D eigenvalue weighted by Crippen LogP contribution is -2.31. The number of nitrogens with zero attached hydrogens (tertiary/aromatic N) is 1. The molecule has 3 aromatic rings. The highest BCUT2D eigenvalue weighted by molar-refractivity contribution is 5.99. The number of hydrogen-bond acceptors (Lipinski definition) is 4. The number of carbonyl (C=O) groups excluding carboxylic acids is 1. The Labute approximate surface area is 171 Å². The number of hydrogen-bond donors (Lipinski definition) is 0. The van der Waals surface area contributed by atoms with Crippen LogP contribution < -0.4 is 5.43 Å². The molecule has 156 valence electrons. The van der Waals surface area contributed by atoms with E-state index in [-0.39, 0.29) is 28.4 Å². The van der Waals surface area contributed by atoms with Gasteiger partial charge in [0.05, 0.1) is 23.1 Å². The molecule has 1 amide bonds. The first-order valence-electron chi connectivity index (χ1n) is 9.81. The van der Waals surface area contributed by atoms with Gasteiger partial charge in [0.25, 0.3) is 5.91 Å². The number of fused-ring (bicyclic) bond motifs is 2. The number of carbonyl (C=O) groups is 1. The Morgan fingerprint density at radius 2 is 1.77 bits per heavy atom. The highest BCUT2D eigenvalue weighted by atomic mass is 19.1. The standard InChI is InChI=1S/C23H21F2NO4/c1-13(2)29-11-3-10-26-20(14-4-6-15(24)7-5-14)19-21(27)17-12-16(25)8-9-18(17)30-22(19)23(26)28/h4-9,12-13,20H,3,10-11H2,1-2H3/t20-/m0/s1. The van der Waals surface area contributed by atoms with Gasteiger partial charge >= 0.3 is 0 Å². The van der Waals surface area contributed by atoms with Crippen LogP contribution in [0.2, 0.25) is 0 Å². The van der Waals surface area contributed by atoms with Crippen LogP contribution in [0.15, 0.2) is 51.7 Å². The molecule has 1 aliphatic rings. The molecule has 1 aliphatic heterocycles. The van der Waals surface area contributed by atoms with Gasteiger partial charge in [0, 0.05) is 13.2 Å². The van der Waals surface area contributed by atoms with Crippen molar-refractivity contribution in [1.29, 1.82) is 0 Å². The Kier molecular flexibility index (Phi) is 5.39. The quantitative estimate of drug-likeness (QED) is 0.561. The van der Waals surface area contributed by atoms with E-state index in [0.29, 0.717) is 25.1 Å². The molecule has 0 saturated carbocycles. The summed E-state index contributed by atoms with van der Waals surface area (Å²) in [5.74, 6) is -1.47. The fraction of sp³-hybridized carbons (Fsp3) is 0.304. The van der Waals surface area contributed by atoms with E-state index in [4.69, 9.17) is 9.15 Å². The molecular formula is C23H21F2NO4. The van der Waals surface area contributed by atoms with Gasteiger partial charge in [-0.25, -0.2) is 8.78 Å². The highest BCUT2D eigenvalue weighted by Gasteiger charge is 2.42. The summed E-state index contributed by atoms with van der Waals surface area (Å²) in [6.45, 7) is 4.61. The second kappa shape index (κ2) is 7.99. The van der Waals surface area contributed by atoms with Crippen molar-refractivity contribution in [3.8, 4) is 0 Å². The van der Waals surface area contributed by atoms with E-state index in [1.807, 2.05) is 13.8 Å². The number of halogens is 2. The number of benzene rings is 2. The van der Waals surface area contributed by atoms with Crippen molar-refractivity contribution >= 4 is 16.9 Å². The maximum absolute atomic E-state index is 13.7. The van der Waals surface area contributed by atoms with Crippen LogP contribution >= 0.6 is 0 Å². The number of amides is 1. The first kappa shape index (κ1) is 20.2. The maximum atomic E-state index is 13.7. The zero-order valence-corrected chi connectivity index (χ0v) is 16.7. The van der Waals surface area contributed by atoms with Crippen LogP contribution in [0, 0.1) is 11.6 Å². The van der Waals surface area contributed by atoms with Gasteiger partial charge in [0.2, 0.25) is 5.76 Å². The molecule has 1 atom stereocenters. The third-order valence-corrected chi connectivity index (χ3v) is 5.11. The SMILES string of the molecule is CC(C)OCCCN1C(=O)c2oc3ccc(F)cc3c(=O)c2[C@@H]1c1ccc(F)cc1. The fourth-order valence-electron chi connectivity index (χ4n) is 3.77. The zero-order chi connectivity index (χ0) is 21.4. The van der Waals surface area contributed by atoms with Gasteiger partial charge in [-0.1, -0.05) is 12.1 Å². The molecule has 0 aliphatic carbocycles. The largest absolute Gasteiger partial charge is 0.450 e. The minimum atomic E-state index is -0.740. The minimum absolute atomic E-state index is 0.0572. The maximum Gasteiger partial charge on any atom is 0.290 e. The first-order valence-corrected chi connectivity index (χ1v) is 9.81. The summed E-state index contributed by atoms with van der Waals surface area (Å²) in [4.78, 5) is 27.9. The van der Waals surface area contributed by atoms with E-state index < -0.39 is 29.0 Å². The third-order valence-electron chi connectivity index (χ3n) is 5.11. The van der Waals surface area contributed by atoms with Crippen molar-refractivity contribution in [3.63, 3.8) is 0 Å². The van der Waals surface area contributed by atoms with Gasteiger partial charge in [0.15, 0.2) is 5.43 Å². The number of rotatable bonds is 6. The lowest BCUT2D eigenvalue weighted by Gasteiger charge is -2.25. The molecule has 0 spiro atoms. The molecule has 0 bridgehead atoms. The Bertz CT molecular complexity index is 1150. The van der Waals surface area contributed by atoms with Crippen molar-refractivity contribution in [2.75, 3.05) is 13.2 Å². The zero-order valence-electron chi connectivity index (χ0n) is 16.7. The van der Waals surface area contributed by atoms with Gasteiger partial charge in [-0.2, -0.15) is 0 Å². The third kappa shape index (κ3) is 3.61. The van der Waals surface area contributed by atoms with Gasteiger partial charge in [-0.05, 0) is 56.2 Å². The molecule has 30 heavy (non-hydrogen) atoms. The molecule has 5 nitrogen and oxygen atoms in total. The van der Waals surface area contributed by atoms with Gasteiger partial charge in [0.1, 0.15) is 17.2 Å². The molecule has 7 heteroatoms. The Balaban J connectivity index is 1.81. The predicted octanol–water partition coefficient (Wildman–Crippen LogP) is 4.43. The molecule has 0 unspecified atom stereocenters. The summed E-state index contributed by atoms with van der Waals surface area (Å²) in [6.07, 6.45) is 0.616. The van der Waals surface area contributed by atoms with Crippen LogP contribution in [-0.4, -0.2) is 30.1 Å². The monoisotopic (exact) mass is 413 g/mol. The van der Waals surface area contributed by atoms with Crippen molar-refractivity contribution in [1.82, 2.24) is 4.90 Å². The van der Waals surface area contributed by atoms with Crippen molar-refractivity contribution < 1.29 is 22.7 Å². The predicted molar refractivity (Wildman–Crippen MR) is 107 cm³/mol. The summed E-state index contributed by atoms with van der Waals surface area (Å²) in [5, 5.41) is 0.0682. The van der Waals surface area contributed by atoms with Gasteiger partial charge in [-0.3, -0.25) is 9.59 Å². The molecule has 2 aromatic carbocycles. The van der Waals surface area contributed by atoms with Crippen LogP contribution in [-0.2, 0) is 4.74 Å². The van der Waals surface area contributed by atoms with E-state index in [1.165, 1.54) is 41.3 Å². The lowest BCUT2D eigenvalue weighted by molar-refractivity contribution is 0.0593. The second-order valence-electron chi connectivity index (χ2n) is 7.54. The smallest absolute Gasteiger partial charge is 0.290 e. The lowest BCUT2D eigenvalue weighted by atomic mass is 9.98. The van der Waals surface area contributed by atoms with E-state index in [1.54, 1.807) is 0 Å². The molecule has 1 aromatic heterocycles. The topological polar surface area (TPSA) is 59.8 Å². The first-order chi connectivity index (χ1) is 14.4. The average molecular weight is 413 g/mol.